The molecule has 0 radical (unpaired) electrons. The molecular weight excluding hydrogens is 188 g/mol. The van der Waals surface area contributed by atoms with Crippen LogP contribution in [0.1, 0.15) is 33.6 Å². The van der Waals surface area contributed by atoms with Crippen LogP contribution in [0, 0.1) is 17.2 Å². The highest BCUT2D eigenvalue weighted by molar-refractivity contribution is 5.81. The molecule has 1 amide bonds. The summed E-state index contributed by atoms with van der Waals surface area (Å²) < 4.78 is 0. The molecule has 3 heteroatoms. The first kappa shape index (κ1) is 13.7. The number of likely N-dealkylation sites (N-methyl/N-ethyl adjacent to an activating group) is 1. The first-order valence-corrected chi connectivity index (χ1v) is 5.39. The molecule has 0 fully saturated rings. The van der Waals surface area contributed by atoms with Crippen molar-refractivity contribution in [2.75, 3.05) is 13.1 Å². The fraction of sp³-hybridized carbons (Fsp3) is 0.667. The van der Waals surface area contributed by atoms with Gasteiger partial charge in [-0.05, 0) is 20.3 Å². The number of carbonyl (C=O) groups is 1. The third-order valence-electron chi connectivity index (χ3n) is 2.19. The molecule has 0 bridgehead atoms. The third-order valence-corrected chi connectivity index (χ3v) is 2.19. The van der Waals surface area contributed by atoms with E-state index < -0.39 is 5.92 Å². The Morgan fingerprint density at radius 1 is 1.53 bits per heavy atom. The van der Waals surface area contributed by atoms with Gasteiger partial charge in [-0.25, -0.2) is 0 Å². The lowest BCUT2D eigenvalue weighted by Gasteiger charge is -2.23. The highest BCUT2D eigenvalue weighted by Gasteiger charge is 2.21. The molecule has 0 aliphatic carbocycles. The van der Waals surface area contributed by atoms with Crippen LogP contribution in [-0.2, 0) is 4.79 Å². The molecule has 0 heterocycles. The number of hydrogen-bond acceptors (Lipinski definition) is 2. The Labute approximate surface area is 92.4 Å². The minimum atomic E-state index is -0.491. The Bertz CT molecular complexity index is 265. The summed E-state index contributed by atoms with van der Waals surface area (Å²) in [6, 6.07) is 2.07. The summed E-state index contributed by atoms with van der Waals surface area (Å²) in [6.07, 6.45) is 1.50. The first-order chi connectivity index (χ1) is 7.06. The van der Waals surface area contributed by atoms with Crippen LogP contribution in [0.15, 0.2) is 12.2 Å². The number of amides is 1. The second kappa shape index (κ2) is 7.05. The molecule has 0 aromatic carbocycles. The molecule has 0 aliphatic rings. The van der Waals surface area contributed by atoms with E-state index in [0.29, 0.717) is 19.5 Å². The molecule has 0 aromatic rings. The lowest BCUT2D eigenvalue weighted by atomic mass is 10.0. The molecule has 0 aliphatic heterocycles. The summed E-state index contributed by atoms with van der Waals surface area (Å²) in [5, 5.41) is 8.89. The van der Waals surface area contributed by atoms with Gasteiger partial charge in [-0.3, -0.25) is 4.79 Å². The predicted molar refractivity (Wildman–Crippen MR) is 61.1 cm³/mol. The normalized spacial score (nSPS) is 11.6. The Morgan fingerprint density at radius 3 is 2.47 bits per heavy atom. The minimum absolute atomic E-state index is 0.0650. The molecule has 1 atom stereocenters. The van der Waals surface area contributed by atoms with Gasteiger partial charge in [0, 0.05) is 13.1 Å². The van der Waals surface area contributed by atoms with Crippen molar-refractivity contribution in [3.8, 4) is 6.07 Å². The van der Waals surface area contributed by atoms with Gasteiger partial charge in [-0.15, -0.1) is 0 Å². The maximum absolute atomic E-state index is 11.9. The molecule has 0 N–H and O–H groups in total. The lowest BCUT2D eigenvalue weighted by Crippen LogP contribution is -2.36. The van der Waals surface area contributed by atoms with Crippen molar-refractivity contribution in [3.63, 3.8) is 0 Å². The van der Waals surface area contributed by atoms with Crippen molar-refractivity contribution < 1.29 is 4.79 Å². The lowest BCUT2D eigenvalue weighted by molar-refractivity contribution is -0.133. The topological polar surface area (TPSA) is 44.1 Å². The number of hydrogen-bond donors (Lipinski definition) is 0. The van der Waals surface area contributed by atoms with Gasteiger partial charge in [0.05, 0.1) is 6.07 Å². The summed E-state index contributed by atoms with van der Waals surface area (Å²) in [4.78, 5) is 13.6. The summed E-state index contributed by atoms with van der Waals surface area (Å²) in [5.41, 5.74) is 0.943. The van der Waals surface area contributed by atoms with Gasteiger partial charge < -0.3 is 4.90 Å². The molecule has 3 nitrogen and oxygen atoms in total. The van der Waals surface area contributed by atoms with Crippen molar-refractivity contribution in [1.29, 1.82) is 5.26 Å². The van der Waals surface area contributed by atoms with Crippen molar-refractivity contribution in [2.45, 2.75) is 33.6 Å². The molecule has 15 heavy (non-hydrogen) atoms. The number of carbonyl (C=O) groups excluding carboxylic acids is 1. The van der Waals surface area contributed by atoms with E-state index in [-0.39, 0.29) is 5.91 Å². The van der Waals surface area contributed by atoms with Crippen LogP contribution in [0.4, 0.5) is 0 Å². The quantitative estimate of drug-likeness (QED) is 0.629. The van der Waals surface area contributed by atoms with Crippen LogP contribution in [0.2, 0.25) is 0 Å². The Balaban J connectivity index is 4.48. The highest BCUT2D eigenvalue weighted by atomic mass is 16.2. The average Bonchev–Trinajstić information content (AvgIpc) is 2.21. The van der Waals surface area contributed by atoms with Gasteiger partial charge in [0.15, 0.2) is 0 Å². The minimum Gasteiger partial charge on any atom is -0.338 e. The summed E-state index contributed by atoms with van der Waals surface area (Å²) in [6.45, 7) is 10.7. The van der Waals surface area contributed by atoms with Gasteiger partial charge in [0.25, 0.3) is 0 Å². The van der Waals surface area contributed by atoms with E-state index in [1.165, 1.54) is 0 Å². The van der Waals surface area contributed by atoms with E-state index >= 15 is 0 Å². The Hall–Kier alpha value is -1.30. The molecule has 1 unspecified atom stereocenters. The van der Waals surface area contributed by atoms with Crippen LogP contribution in [0.5, 0.6) is 0 Å². The van der Waals surface area contributed by atoms with Gasteiger partial charge in [0.1, 0.15) is 5.92 Å². The average molecular weight is 208 g/mol. The smallest absolute Gasteiger partial charge is 0.240 e. The molecule has 0 saturated heterocycles. The second-order valence-corrected chi connectivity index (χ2v) is 3.78. The molecule has 0 rings (SSSR count). The van der Waals surface area contributed by atoms with E-state index in [9.17, 15) is 4.79 Å². The summed E-state index contributed by atoms with van der Waals surface area (Å²) in [5.74, 6) is -0.556. The molecule has 0 aromatic heterocycles. The zero-order valence-electron chi connectivity index (χ0n) is 9.92. The van der Waals surface area contributed by atoms with Gasteiger partial charge in [-0.2, -0.15) is 5.26 Å². The SMILES string of the molecule is C=C(C)CN(CC)C(=O)C(C#N)CCC. The fourth-order valence-electron chi connectivity index (χ4n) is 1.42. The van der Waals surface area contributed by atoms with Crippen LogP contribution < -0.4 is 0 Å². The van der Waals surface area contributed by atoms with E-state index in [2.05, 4.69) is 12.6 Å². The zero-order valence-corrected chi connectivity index (χ0v) is 9.92. The van der Waals surface area contributed by atoms with Crippen molar-refractivity contribution in [1.82, 2.24) is 4.90 Å². The van der Waals surface area contributed by atoms with E-state index in [4.69, 9.17) is 5.26 Å². The van der Waals surface area contributed by atoms with Gasteiger partial charge in [0.2, 0.25) is 5.91 Å². The molecule has 0 saturated carbocycles. The van der Waals surface area contributed by atoms with Crippen molar-refractivity contribution in [3.05, 3.63) is 12.2 Å². The monoisotopic (exact) mass is 208 g/mol. The number of rotatable bonds is 6. The number of nitrogens with zero attached hydrogens (tertiary/aromatic N) is 2. The number of nitriles is 1. The highest BCUT2D eigenvalue weighted by Crippen LogP contribution is 2.10. The summed E-state index contributed by atoms with van der Waals surface area (Å²) in [7, 11) is 0. The first-order valence-electron chi connectivity index (χ1n) is 5.39. The molecule has 0 spiro atoms. The van der Waals surface area contributed by atoms with Gasteiger partial charge >= 0.3 is 0 Å². The van der Waals surface area contributed by atoms with Crippen molar-refractivity contribution >= 4 is 5.91 Å². The largest absolute Gasteiger partial charge is 0.338 e. The standard InChI is InChI=1S/C12H20N2O/c1-5-7-11(8-13)12(15)14(6-2)9-10(3)4/h11H,3,5-7,9H2,1-2,4H3. The van der Waals surface area contributed by atoms with Crippen molar-refractivity contribution in [2.24, 2.45) is 5.92 Å². The Morgan fingerprint density at radius 2 is 2.13 bits per heavy atom. The zero-order chi connectivity index (χ0) is 11.8. The third kappa shape index (κ3) is 4.64. The molecule has 84 valence electrons. The maximum atomic E-state index is 11.9. The van der Waals surface area contributed by atoms with Crippen LogP contribution >= 0.6 is 0 Å². The maximum Gasteiger partial charge on any atom is 0.240 e. The Kier molecular flexibility index (Phi) is 6.44. The van der Waals surface area contributed by atoms with E-state index in [1.54, 1.807) is 4.90 Å². The predicted octanol–water partition coefficient (Wildman–Crippen LogP) is 2.35. The van der Waals surface area contributed by atoms with Crippen LogP contribution in [0.25, 0.3) is 0 Å². The van der Waals surface area contributed by atoms with E-state index in [0.717, 1.165) is 12.0 Å². The second-order valence-electron chi connectivity index (χ2n) is 3.78. The summed E-state index contributed by atoms with van der Waals surface area (Å²) >= 11 is 0. The molecular formula is C12H20N2O. The fourth-order valence-corrected chi connectivity index (χ4v) is 1.42. The van der Waals surface area contributed by atoms with Crippen LogP contribution in [0.3, 0.4) is 0 Å². The van der Waals surface area contributed by atoms with Crippen LogP contribution in [-0.4, -0.2) is 23.9 Å². The van der Waals surface area contributed by atoms with Gasteiger partial charge in [-0.1, -0.05) is 25.5 Å². The van der Waals surface area contributed by atoms with E-state index in [1.807, 2.05) is 20.8 Å².